The lowest BCUT2D eigenvalue weighted by molar-refractivity contribution is -0.144. The Hall–Kier alpha value is -1.49. The van der Waals surface area contributed by atoms with Crippen molar-refractivity contribution < 1.29 is 18.7 Å². The number of hydrogen-bond acceptors (Lipinski definition) is 4. The van der Waals surface area contributed by atoms with Crippen molar-refractivity contribution in [3.05, 3.63) is 23.2 Å². The van der Waals surface area contributed by atoms with Crippen molar-refractivity contribution in [1.82, 2.24) is 5.32 Å². The van der Waals surface area contributed by atoms with Gasteiger partial charge in [-0.1, -0.05) is 20.3 Å². The SMILES string of the molecule is CCC(C)C(NC(=O)c1cc(CCl)c(C)o1)C(=O)OC. The summed E-state index contributed by atoms with van der Waals surface area (Å²) in [7, 11) is 1.30. The molecule has 1 rings (SSSR count). The van der Waals surface area contributed by atoms with Crippen molar-refractivity contribution in [2.45, 2.75) is 39.1 Å². The quantitative estimate of drug-likeness (QED) is 0.648. The van der Waals surface area contributed by atoms with Crippen LogP contribution in [0.1, 0.15) is 42.1 Å². The highest BCUT2D eigenvalue weighted by Gasteiger charge is 2.28. The first-order valence-electron chi connectivity index (χ1n) is 6.48. The Bertz CT molecular complexity index is 484. The van der Waals surface area contributed by atoms with Gasteiger partial charge in [-0.3, -0.25) is 4.79 Å². The molecule has 2 atom stereocenters. The lowest BCUT2D eigenvalue weighted by Gasteiger charge is -2.21. The number of esters is 1. The Morgan fingerprint density at radius 1 is 1.50 bits per heavy atom. The minimum atomic E-state index is -0.692. The molecule has 20 heavy (non-hydrogen) atoms. The van der Waals surface area contributed by atoms with E-state index in [4.69, 9.17) is 20.8 Å². The molecule has 1 amide bonds. The summed E-state index contributed by atoms with van der Waals surface area (Å²) in [5, 5.41) is 2.65. The van der Waals surface area contributed by atoms with Gasteiger partial charge < -0.3 is 14.5 Å². The lowest BCUT2D eigenvalue weighted by Crippen LogP contribution is -2.45. The highest BCUT2D eigenvalue weighted by molar-refractivity contribution is 6.17. The van der Waals surface area contributed by atoms with Crippen LogP contribution in [-0.2, 0) is 15.4 Å². The summed E-state index contributed by atoms with van der Waals surface area (Å²) in [4.78, 5) is 23.8. The molecule has 0 radical (unpaired) electrons. The second-order valence-electron chi connectivity index (χ2n) is 4.69. The summed E-state index contributed by atoms with van der Waals surface area (Å²) >= 11 is 5.74. The van der Waals surface area contributed by atoms with Crippen LogP contribution >= 0.6 is 11.6 Å². The number of furan rings is 1. The highest BCUT2D eigenvalue weighted by Crippen LogP contribution is 2.17. The number of alkyl halides is 1. The van der Waals surface area contributed by atoms with E-state index in [9.17, 15) is 9.59 Å². The number of methoxy groups -OCH3 is 1. The first-order chi connectivity index (χ1) is 9.44. The minimum absolute atomic E-state index is 0.0324. The number of ether oxygens (including phenoxy) is 1. The van der Waals surface area contributed by atoms with Gasteiger partial charge in [0.05, 0.1) is 13.0 Å². The van der Waals surface area contributed by atoms with Gasteiger partial charge in [0.15, 0.2) is 5.76 Å². The fraction of sp³-hybridized carbons (Fsp3) is 0.571. The van der Waals surface area contributed by atoms with Crippen LogP contribution < -0.4 is 5.32 Å². The van der Waals surface area contributed by atoms with Crippen LogP contribution in [0.25, 0.3) is 0 Å². The van der Waals surface area contributed by atoms with Crippen molar-refractivity contribution in [1.29, 1.82) is 0 Å². The van der Waals surface area contributed by atoms with Gasteiger partial charge in [-0.25, -0.2) is 4.79 Å². The van der Waals surface area contributed by atoms with Crippen molar-refractivity contribution in [2.24, 2.45) is 5.92 Å². The molecule has 0 fully saturated rings. The second kappa shape index (κ2) is 7.33. The van der Waals surface area contributed by atoms with Crippen molar-refractivity contribution in [2.75, 3.05) is 7.11 Å². The first-order valence-corrected chi connectivity index (χ1v) is 7.01. The molecule has 0 saturated heterocycles. The van der Waals surface area contributed by atoms with Crippen LogP contribution in [0.4, 0.5) is 0 Å². The first kappa shape index (κ1) is 16.6. The zero-order valence-electron chi connectivity index (χ0n) is 12.2. The van der Waals surface area contributed by atoms with Crippen LogP contribution in [0, 0.1) is 12.8 Å². The van der Waals surface area contributed by atoms with Gasteiger partial charge in [-0.2, -0.15) is 0 Å². The number of amides is 1. The van der Waals surface area contributed by atoms with E-state index in [0.29, 0.717) is 5.76 Å². The summed E-state index contributed by atoms with van der Waals surface area (Å²) in [5.74, 6) is 0.0799. The Labute approximate surface area is 123 Å². The van der Waals surface area contributed by atoms with Crippen molar-refractivity contribution in [3.63, 3.8) is 0 Å². The predicted molar refractivity (Wildman–Crippen MR) is 75.7 cm³/mol. The summed E-state index contributed by atoms with van der Waals surface area (Å²) < 4.78 is 10.1. The number of carbonyl (C=O) groups excluding carboxylic acids is 2. The normalized spacial score (nSPS) is 13.7. The van der Waals surface area contributed by atoms with E-state index in [1.807, 2.05) is 13.8 Å². The highest BCUT2D eigenvalue weighted by atomic mass is 35.5. The van der Waals surface area contributed by atoms with Gasteiger partial charge in [-0.05, 0) is 18.9 Å². The second-order valence-corrected chi connectivity index (χ2v) is 4.95. The molecular weight excluding hydrogens is 282 g/mol. The summed E-state index contributed by atoms with van der Waals surface area (Å²) in [6.07, 6.45) is 0.740. The van der Waals surface area contributed by atoms with E-state index in [-0.39, 0.29) is 17.6 Å². The van der Waals surface area contributed by atoms with E-state index >= 15 is 0 Å². The van der Waals surface area contributed by atoms with Crippen molar-refractivity contribution in [3.8, 4) is 0 Å². The largest absolute Gasteiger partial charge is 0.467 e. The Kier molecular flexibility index (Phi) is 6.07. The average molecular weight is 302 g/mol. The number of rotatable bonds is 6. The topological polar surface area (TPSA) is 68.5 Å². The molecule has 2 unspecified atom stereocenters. The van der Waals surface area contributed by atoms with E-state index in [1.54, 1.807) is 13.0 Å². The number of nitrogens with one attached hydrogen (secondary N) is 1. The standard InChI is InChI=1S/C14H20ClNO4/c1-5-8(2)12(14(18)19-4)16-13(17)11-6-10(7-15)9(3)20-11/h6,8,12H,5,7H2,1-4H3,(H,16,17). The summed E-state index contributed by atoms with van der Waals surface area (Å²) in [6, 6.07) is 0.894. The third kappa shape index (κ3) is 3.76. The van der Waals surface area contributed by atoms with E-state index in [0.717, 1.165) is 12.0 Å². The molecule has 1 aromatic heterocycles. The molecule has 1 heterocycles. The Morgan fingerprint density at radius 2 is 2.15 bits per heavy atom. The molecule has 0 aliphatic rings. The maximum absolute atomic E-state index is 12.1. The number of halogens is 1. The van der Waals surface area contributed by atoms with E-state index in [2.05, 4.69) is 5.32 Å². The summed E-state index contributed by atoms with van der Waals surface area (Å²) in [5.41, 5.74) is 0.759. The molecule has 0 bridgehead atoms. The predicted octanol–water partition coefficient (Wildman–Crippen LogP) is 2.64. The number of hydrogen-bond donors (Lipinski definition) is 1. The third-order valence-corrected chi connectivity index (χ3v) is 3.63. The van der Waals surface area contributed by atoms with Gasteiger partial charge in [-0.15, -0.1) is 11.6 Å². The van der Waals surface area contributed by atoms with Crippen LogP contribution in [0.5, 0.6) is 0 Å². The zero-order chi connectivity index (χ0) is 15.3. The molecule has 0 saturated carbocycles. The molecule has 6 heteroatoms. The van der Waals surface area contributed by atoms with E-state index < -0.39 is 17.9 Å². The maximum Gasteiger partial charge on any atom is 0.328 e. The smallest absolute Gasteiger partial charge is 0.328 e. The van der Waals surface area contributed by atoms with Gasteiger partial charge in [0.2, 0.25) is 0 Å². The Morgan fingerprint density at radius 3 is 2.60 bits per heavy atom. The molecule has 112 valence electrons. The molecular formula is C14H20ClNO4. The van der Waals surface area contributed by atoms with Crippen LogP contribution in [0.3, 0.4) is 0 Å². The van der Waals surface area contributed by atoms with Crippen LogP contribution in [0.2, 0.25) is 0 Å². The van der Waals surface area contributed by atoms with E-state index in [1.165, 1.54) is 7.11 Å². The monoisotopic (exact) mass is 301 g/mol. The Balaban J connectivity index is 2.87. The maximum atomic E-state index is 12.1. The van der Waals surface area contributed by atoms with Gasteiger partial charge >= 0.3 is 5.97 Å². The van der Waals surface area contributed by atoms with Gasteiger partial charge in [0, 0.05) is 5.56 Å². The van der Waals surface area contributed by atoms with Gasteiger partial charge in [0.1, 0.15) is 11.8 Å². The average Bonchev–Trinajstić information content (AvgIpc) is 2.84. The lowest BCUT2D eigenvalue weighted by atomic mass is 9.99. The number of carbonyl (C=O) groups is 2. The molecule has 0 aromatic carbocycles. The van der Waals surface area contributed by atoms with Crippen LogP contribution in [0.15, 0.2) is 10.5 Å². The molecule has 5 nitrogen and oxygen atoms in total. The molecule has 0 aliphatic carbocycles. The van der Waals surface area contributed by atoms with Crippen molar-refractivity contribution >= 4 is 23.5 Å². The molecule has 1 aromatic rings. The van der Waals surface area contributed by atoms with Crippen LogP contribution in [-0.4, -0.2) is 25.0 Å². The van der Waals surface area contributed by atoms with Gasteiger partial charge in [0.25, 0.3) is 5.91 Å². The third-order valence-electron chi connectivity index (χ3n) is 3.34. The number of aryl methyl sites for hydroxylation is 1. The molecule has 0 aliphatic heterocycles. The molecule has 1 N–H and O–H groups in total. The minimum Gasteiger partial charge on any atom is -0.467 e. The fourth-order valence-corrected chi connectivity index (χ4v) is 2.04. The summed E-state index contributed by atoms with van der Waals surface area (Å²) in [6.45, 7) is 5.55. The molecule has 0 spiro atoms. The fourth-order valence-electron chi connectivity index (χ4n) is 1.77. The zero-order valence-corrected chi connectivity index (χ0v) is 12.9.